The highest BCUT2D eigenvalue weighted by Gasteiger charge is 2.12. The molecule has 3 N–H and O–H groups in total. The van der Waals surface area contributed by atoms with Gasteiger partial charge in [-0.05, 0) is 66.1 Å². The van der Waals surface area contributed by atoms with E-state index in [-0.39, 0.29) is 5.69 Å². The minimum absolute atomic E-state index is 0.245. The predicted molar refractivity (Wildman–Crippen MR) is 142 cm³/mol. The second-order valence-corrected chi connectivity index (χ2v) is 10.5. The zero-order valence-corrected chi connectivity index (χ0v) is 20.7. The van der Waals surface area contributed by atoms with E-state index in [0.717, 1.165) is 45.2 Å². The van der Waals surface area contributed by atoms with Gasteiger partial charge in [0.1, 0.15) is 0 Å². The van der Waals surface area contributed by atoms with Crippen molar-refractivity contribution >= 4 is 32.5 Å². The number of hydrogen-bond donors (Lipinski definition) is 2. The first-order valence-electron chi connectivity index (χ1n) is 11.3. The Labute approximate surface area is 209 Å². The Morgan fingerprint density at radius 1 is 0.944 bits per heavy atom. The zero-order chi connectivity index (χ0) is 25.4. The first-order valence-corrected chi connectivity index (χ1v) is 13.2. The second-order valence-electron chi connectivity index (χ2n) is 8.78. The molecule has 3 aromatic carbocycles. The third kappa shape index (κ3) is 4.87. The van der Waals surface area contributed by atoms with Gasteiger partial charge < -0.3 is 10.3 Å². The number of aromatic nitrogens is 3. The van der Waals surface area contributed by atoms with Crippen LogP contribution in [0.4, 0.5) is 5.69 Å². The smallest absolute Gasteiger partial charge is 0.269 e. The van der Waals surface area contributed by atoms with E-state index in [1.807, 2.05) is 31.2 Å². The Balaban J connectivity index is 1.34. The van der Waals surface area contributed by atoms with Crippen LogP contribution in [0, 0.1) is 6.92 Å². The van der Waals surface area contributed by atoms with Crippen LogP contribution in [0.5, 0.6) is 0 Å². The Bertz CT molecular complexity index is 1680. The molecular weight excluding hydrogens is 474 g/mol. The molecule has 0 atom stereocenters. The molecule has 0 saturated carbocycles. The maximum absolute atomic E-state index is 11.5. The van der Waals surface area contributed by atoms with E-state index in [2.05, 4.69) is 57.0 Å². The lowest BCUT2D eigenvalue weighted by molar-refractivity contribution is 0.0995. The summed E-state index contributed by atoms with van der Waals surface area (Å²) in [5, 5.41) is 5.39. The third-order valence-corrected chi connectivity index (χ3v) is 6.57. The third-order valence-electron chi connectivity index (χ3n) is 5.97. The highest BCUT2D eigenvalue weighted by atomic mass is 32.2. The number of hydrogen-bond acceptors (Lipinski definition) is 4. The van der Waals surface area contributed by atoms with E-state index in [1.165, 1.54) is 0 Å². The van der Waals surface area contributed by atoms with Crippen molar-refractivity contribution in [1.82, 2.24) is 14.3 Å². The van der Waals surface area contributed by atoms with Gasteiger partial charge in [0.25, 0.3) is 5.91 Å². The fraction of sp³-hybridized carbons (Fsp3) is 0.111. The quantitative estimate of drug-likeness (QED) is 0.347. The second kappa shape index (κ2) is 9.01. The molecule has 182 valence electrons. The van der Waals surface area contributed by atoms with Crippen molar-refractivity contribution in [2.75, 3.05) is 11.0 Å². The molecule has 0 fully saturated rings. The highest BCUT2D eigenvalue weighted by Crippen LogP contribution is 2.25. The van der Waals surface area contributed by atoms with E-state index in [4.69, 9.17) is 5.73 Å². The van der Waals surface area contributed by atoms with Crippen molar-refractivity contribution < 1.29 is 13.2 Å². The molecule has 2 aromatic heterocycles. The first kappa shape index (κ1) is 23.4. The van der Waals surface area contributed by atoms with Crippen molar-refractivity contribution in [3.8, 4) is 16.8 Å². The van der Waals surface area contributed by atoms with Crippen LogP contribution in [0.1, 0.15) is 21.7 Å². The lowest BCUT2D eigenvalue weighted by Crippen LogP contribution is -2.12. The topological polar surface area (TPSA) is 112 Å². The first-order chi connectivity index (χ1) is 17.2. The maximum Gasteiger partial charge on any atom is 0.269 e. The number of nitrogens with zero attached hydrogens (tertiary/aromatic N) is 3. The number of benzene rings is 3. The highest BCUT2D eigenvalue weighted by molar-refractivity contribution is 7.92. The average molecular weight is 500 g/mol. The summed E-state index contributed by atoms with van der Waals surface area (Å²) in [6.45, 7) is 2.60. The van der Waals surface area contributed by atoms with Crippen LogP contribution >= 0.6 is 0 Å². The van der Waals surface area contributed by atoms with Crippen molar-refractivity contribution in [2.24, 2.45) is 5.73 Å². The normalized spacial score (nSPS) is 11.6. The van der Waals surface area contributed by atoms with Gasteiger partial charge in [0.2, 0.25) is 10.0 Å². The average Bonchev–Trinajstić information content (AvgIpc) is 3.42. The van der Waals surface area contributed by atoms with Crippen molar-refractivity contribution in [3.63, 3.8) is 0 Å². The van der Waals surface area contributed by atoms with Crippen LogP contribution in [0.3, 0.4) is 0 Å². The van der Waals surface area contributed by atoms with E-state index >= 15 is 0 Å². The van der Waals surface area contributed by atoms with Crippen molar-refractivity contribution in [1.29, 1.82) is 0 Å². The number of nitrogens with two attached hydrogens (primary N) is 1. The van der Waals surface area contributed by atoms with Crippen molar-refractivity contribution in [3.05, 3.63) is 102 Å². The van der Waals surface area contributed by atoms with E-state index in [9.17, 15) is 13.2 Å². The maximum atomic E-state index is 11.5. The summed E-state index contributed by atoms with van der Waals surface area (Å²) in [6, 6.07) is 25.4. The SMILES string of the molecule is Cc1cc(C(N)=O)nn1-c1ccc2c(ccn2Cc2ccc(-c3ccc(NS(C)(=O)=O)cc3)cc2)c1. The molecular formula is C27H25N5O3S. The van der Waals surface area contributed by atoms with Crippen molar-refractivity contribution in [2.45, 2.75) is 13.5 Å². The molecule has 0 bridgehead atoms. The minimum Gasteiger partial charge on any atom is -0.364 e. The van der Waals surface area contributed by atoms with Gasteiger partial charge in [-0.15, -0.1) is 0 Å². The van der Waals surface area contributed by atoms with Gasteiger partial charge in [0.15, 0.2) is 5.69 Å². The summed E-state index contributed by atoms with van der Waals surface area (Å²) < 4.78 is 29.2. The molecule has 36 heavy (non-hydrogen) atoms. The Morgan fingerprint density at radius 3 is 2.22 bits per heavy atom. The number of aryl methyl sites for hydroxylation is 1. The molecule has 0 saturated heterocycles. The number of sulfonamides is 1. The number of carbonyl (C=O) groups excluding carboxylic acids is 1. The summed E-state index contributed by atoms with van der Waals surface area (Å²) in [6.07, 6.45) is 3.19. The number of primary amides is 1. The minimum atomic E-state index is -3.30. The molecule has 0 radical (unpaired) electrons. The number of carbonyl (C=O) groups is 1. The number of anilines is 1. The lowest BCUT2D eigenvalue weighted by atomic mass is 10.0. The van der Waals surface area contributed by atoms with Gasteiger partial charge >= 0.3 is 0 Å². The largest absolute Gasteiger partial charge is 0.364 e. The van der Waals surface area contributed by atoms with Gasteiger partial charge in [-0.1, -0.05) is 36.4 Å². The fourth-order valence-corrected chi connectivity index (χ4v) is 4.82. The molecule has 8 nitrogen and oxygen atoms in total. The summed E-state index contributed by atoms with van der Waals surface area (Å²) in [4.78, 5) is 11.5. The molecule has 0 aliphatic heterocycles. The Kier molecular flexibility index (Phi) is 5.85. The van der Waals surface area contributed by atoms with E-state index < -0.39 is 15.9 Å². The van der Waals surface area contributed by atoms with Crippen LogP contribution in [-0.2, 0) is 16.6 Å². The molecule has 0 aliphatic carbocycles. The molecule has 5 rings (SSSR count). The van der Waals surface area contributed by atoms with Crippen LogP contribution in [-0.4, -0.2) is 34.9 Å². The van der Waals surface area contributed by atoms with Crippen LogP contribution in [0.25, 0.3) is 27.7 Å². The van der Waals surface area contributed by atoms with Crippen LogP contribution < -0.4 is 10.5 Å². The number of nitrogens with one attached hydrogen (secondary N) is 1. The summed E-state index contributed by atoms with van der Waals surface area (Å²) >= 11 is 0. The number of amides is 1. The molecule has 1 amide bonds. The Hall–Kier alpha value is -4.37. The molecule has 5 aromatic rings. The number of fused-ring (bicyclic) bond motifs is 1. The molecule has 0 spiro atoms. The summed E-state index contributed by atoms with van der Waals surface area (Å²) in [7, 11) is -3.30. The molecule has 9 heteroatoms. The summed E-state index contributed by atoms with van der Waals surface area (Å²) in [5.41, 5.74) is 12.2. The molecule has 2 heterocycles. The van der Waals surface area contributed by atoms with Gasteiger partial charge in [-0.3, -0.25) is 9.52 Å². The lowest BCUT2D eigenvalue weighted by Gasteiger charge is -2.09. The van der Waals surface area contributed by atoms with Gasteiger partial charge in [0.05, 0.1) is 11.9 Å². The number of rotatable bonds is 7. The molecule has 0 unspecified atom stereocenters. The Morgan fingerprint density at radius 2 is 1.61 bits per heavy atom. The van der Waals surface area contributed by atoms with Gasteiger partial charge in [0, 0.05) is 35.0 Å². The van der Waals surface area contributed by atoms with Gasteiger partial charge in [-0.2, -0.15) is 5.10 Å². The van der Waals surface area contributed by atoms with Crippen LogP contribution in [0.2, 0.25) is 0 Å². The van der Waals surface area contributed by atoms with Crippen LogP contribution in [0.15, 0.2) is 85.1 Å². The standard InChI is InChI=1S/C27H25N5O3S/c1-18-15-25(27(28)33)29-32(18)24-11-12-26-22(16-24)13-14-31(26)17-19-3-5-20(6-4-19)21-7-9-23(10-8-21)30-36(2,34)35/h3-16,30H,17H2,1-2H3,(H2,28,33). The molecule has 0 aliphatic rings. The monoisotopic (exact) mass is 499 g/mol. The van der Waals surface area contributed by atoms with Gasteiger partial charge in [-0.25, -0.2) is 13.1 Å². The summed E-state index contributed by atoms with van der Waals surface area (Å²) in [5.74, 6) is -0.545. The zero-order valence-electron chi connectivity index (χ0n) is 19.8. The fourth-order valence-electron chi connectivity index (χ4n) is 4.26. The predicted octanol–water partition coefficient (Wildman–Crippen LogP) is 4.32. The van der Waals surface area contributed by atoms with E-state index in [0.29, 0.717) is 12.2 Å². The van der Waals surface area contributed by atoms with E-state index in [1.54, 1.807) is 22.9 Å².